The predicted molar refractivity (Wildman–Crippen MR) is 46.7 cm³/mol. The van der Waals surface area contributed by atoms with E-state index in [1.54, 1.807) is 0 Å². The Morgan fingerprint density at radius 1 is 1.18 bits per heavy atom. The first kappa shape index (κ1) is 14.6. The monoisotopic (exact) mass is 230 g/mol. The average molecular weight is 230 g/mol. The number of nitrogens with zero attached hydrogens (tertiary/aromatic N) is 1. The van der Waals surface area contributed by atoms with Gasteiger partial charge in [0.25, 0.3) is 0 Å². The van der Waals surface area contributed by atoms with Crippen LogP contribution >= 0.6 is 0 Å². The van der Waals surface area contributed by atoms with Gasteiger partial charge in [-0.1, -0.05) is 6.92 Å². The van der Waals surface area contributed by atoms with Crippen LogP contribution in [0.15, 0.2) is 0 Å². The standard InChI is InChI=1S/C9H19N.Y/c1-6-9(4,5)10(7-2)8-3;/h2-3,6-8H2,1,4-5H3;/q-2;. The molecule has 0 N–H and O–H groups in total. The fourth-order valence-corrected chi connectivity index (χ4v) is 0.941. The van der Waals surface area contributed by atoms with Crippen molar-refractivity contribution < 1.29 is 32.7 Å². The Morgan fingerprint density at radius 3 is 1.64 bits per heavy atom. The summed E-state index contributed by atoms with van der Waals surface area (Å²) in [6.07, 6.45) is 1.15. The van der Waals surface area contributed by atoms with Crippen LogP contribution in [0.5, 0.6) is 0 Å². The van der Waals surface area contributed by atoms with Crippen LogP contribution in [0.1, 0.15) is 27.2 Å². The minimum absolute atomic E-state index is 0. The predicted octanol–water partition coefficient (Wildman–Crippen LogP) is 2.14. The summed E-state index contributed by atoms with van der Waals surface area (Å²) in [7, 11) is 0. The molecule has 0 aromatic heterocycles. The van der Waals surface area contributed by atoms with E-state index in [9.17, 15) is 0 Å². The van der Waals surface area contributed by atoms with Crippen LogP contribution in [-0.2, 0) is 32.7 Å². The molecule has 0 rings (SSSR count). The molecule has 0 bridgehead atoms. The summed E-state index contributed by atoms with van der Waals surface area (Å²) in [4.78, 5) is 2.27. The van der Waals surface area contributed by atoms with Crippen molar-refractivity contribution >= 4 is 0 Å². The van der Waals surface area contributed by atoms with Gasteiger partial charge in [0.15, 0.2) is 0 Å². The van der Waals surface area contributed by atoms with Gasteiger partial charge < -0.3 is 18.7 Å². The summed E-state index contributed by atoms with van der Waals surface area (Å²) in [5, 5.41) is 0. The zero-order valence-electron chi connectivity index (χ0n) is 8.06. The zero-order valence-corrected chi connectivity index (χ0v) is 10.9. The Kier molecular flexibility index (Phi) is 8.70. The van der Waals surface area contributed by atoms with E-state index in [1.165, 1.54) is 0 Å². The molecule has 0 aromatic rings. The van der Waals surface area contributed by atoms with Crippen molar-refractivity contribution in [2.75, 3.05) is 13.1 Å². The molecule has 0 atom stereocenters. The molecule has 0 saturated heterocycles. The average Bonchev–Trinajstić information content (AvgIpc) is 1.90. The molecule has 2 heteroatoms. The van der Waals surface area contributed by atoms with Gasteiger partial charge in [-0.15, -0.1) is 13.1 Å². The van der Waals surface area contributed by atoms with Crippen LogP contribution in [0.2, 0.25) is 0 Å². The summed E-state index contributed by atoms with van der Waals surface area (Å²) in [6, 6.07) is 0. The third-order valence-electron chi connectivity index (χ3n) is 2.26. The van der Waals surface area contributed by atoms with Crippen LogP contribution in [-0.4, -0.2) is 23.5 Å². The Labute approximate surface area is 96.8 Å². The maximum absolute atomic E-state index is 3.86. The number of rotatable bonds is 4. The molecule has 1 nitrogen and oxygen atoms in total. The Balaban J connectivity index is 0. The first-order valence-corrected chi connectivity index (χ1v) is 3.92. The van der Waals surface area contributed by atoms with Gasteiger partial charge in [0, 0.05) is 38.2 Å². The molecule has 0 aromatic carbocycles. The van der Waals surface area contributed by atoms with Gasteiger partial charge in [0.2, 0.25) is 0 Å². The second kappa shape index (κ2) is 6.57. The van der Waals surface area contributed by atoms with Crippen LogP contribution in [0.25, 0.3) is 0 Å². The number of hydrogen-bond acceptors (Lipinski definition) is 1. The van der Waals surface area contributed by atoms with E-state index < -0.39 is 0 Å². The van der Waals surface area contributed by atoms with Gasteiger partial charge in [-0.2, -0.15) is 0 Å². The van der Waals surface area contributed by atoms with E-state index in [0.29, 0.717) is 0 Å². The Hall–Kier alpha value is 1.06. The third kappa shape index (κ3) is 4.60. The molecule has 0 spiro atoms. The van der Waals surface area contributed by atoms with Gasteiger partial charge >= 0.3 is 0 Å². The molecule has 0 fully saturated rings. The third-order valence-corrected chi connectivity index (χ3v) is 2.26. The van der Waals surface area contributed by atoms with Crippen molar-refractivity contribution in [2.45, 2.75) is 32.7 Å². The molecule has 11 heavy (non-hydrogen) atoms. The van der Waals surface area contributed by atoms with E-state index in [-0.39, 0.29) is 38.2 Å². The molecular formula is C9H19NY-2. The fraction of sp³-hybridized carbons (Fsp3) is 0.778. The molecule has 0 amide bonds. The van der Waals surface area contributed by atoms with E-state index in [2.05, 4.69) is 39.5 Å². The van der Waals surface area contributed by atoms with Crippen molar-refractivity contribution in [3.05, 3.63) is 13.8 Å². The molecule has 1 radical (unpaired) electrons. The fourth-order valence-electron chi connectivity index (χ4n) is 0.941. The molecular weight excluding hydrogens is 211 g/mol. The van der Waals surface area contributed by atoms with Crippen molar-refractivity contribution in [3.8, 4) is 0 Å². The summed E-state index contributed by atoms with van der Waals surface area (Å²) in [5.41, 5.74) is 0.267. The minimum atomic E-state index is 0. The van der Waals surface area contributed by atoms with Crippen molar-refractivity contribution in [2.24, 2.45) is 0 Å². The molecule has 0 heterocycles. The molecule has 65 valence electrons. The van der Waals surface area contributed by atoms with Gasteiger partial charge in [-0.3, -0.25) is 0 Å². The van der Waals surface area contributed by atoms with Crippen molar-refractivity contribution in [1.82, 2.24) is 4.90 Å². The first-order chi connectivity index (χ1) is 4.58. The Morgan fingerprint density at radius 2 is 1.55 bits per heavy atom. The van der Waals surface area contributed by atoms with Crippen molar-refractivity contribution in [3.63, 3.8) is 0 Å². The Bertz CT molecular complexity index is 87.6. The van der Waals surface area contributed by atoms with Gasteiger partial charge in [-0.25, -0.2) is 0 Å². The molecule has 0 aliphatic rings. The molecule has 0 saturated carbocycles. The van der Waals surface area contributed by atoms with Gasteiger partial charge in [0.05, 0.1) is 0 Å². The smallest absolute Gasteiger partial charge is 0.00975 e. The van der Waals surface area contributed by atoms with Crippen LogP contribution in [0.3, 0.4) is 0 Å². The zero-order chi connectivity index (χ0) is 8.20. The van der Waals surface area contributed by atoms with E-state index in [0.717, 1.165) is 19.5 Å². The van der Waals surface area contributed by atoms with Crippen LogP contribution in [0, 0.1) is 13.8 Å². The first-order valence-electron chi connectivity index (χ1n) is 3.92. The molecule has 0 unspecified atom stereocenters. The van der Waals surface area contributed by atoms with E-state index in [1.807, 2.05) is 0 Å². The van der Waals surface area contributed by atoms with Gasteiger partial charge in [0.1, 0.15) is 0 Å². The van der Waals surface area contributed by atoms with E-state index >= 15 is 0 Å². The second-order valence-corrected chi connectivity index (χ2v) is 3.15. The summed E-state index contributed by atoms with van der Waals surface area (Å²) in [6.45, 7) is 16.1. The minimum Gasteiger partial charge on any atom is -0.358 e. The summed E-state index contributed by atoms with van der Waals surface area (Å²) >= 11 is 0. The quantitative estimate of drug-likeness (QED) is 0.669. The van der Waals surface area contributed by atoms with Crippen LogP contribution in [0.4, 0.5) is 0 Å². The topological polar surface area (TPSA) is 3.24 Å². The summed E-state index contributed by atoms with van der Waals surface area (Å²) in [5.74, 6) is 0. The SMILES string of the molecule is [CH2-]CN(C[CH2-])C(C)(C)CC.[Y]. The van der Waals surface area contributed by atoms with Gasteiger partial charge in [-0.05, 0) is 20.3 Å². The van der Waals surface area contributed by atoms with Crippen molar-refractivity contribution in [1.29, 1.82) is 0 Å². The largest absolute Gasteiger partial charge is 0.358 e. The van der Waals surface area contributed by atoms with Crippen LogP contribution < -0.4 is 0 Å². The summed E-state index contributed by atoms with van der Waals surface area (Å²) < 4.78 is 0. The number of hydrogen-bond donors (Lipinski definition) is 0. The normalized spacial score (nSPS) is 11.5. The van der Waals surface area contributed by atoms with E-state index in [4.69, 9.17) is 0 Å². The maximum atomic E-state index is 3.86. The second-order valence-electron chi connectivity index (χ2n) is 3.15. The molecule has 0 aliphatic carbocycles. The maximum Gasteiger partial charge on any atom is 0.00975 e. The molecule has 0 aliphatic heterocycles.